The Balaban J connectivity index is 2.67. The second-order valence-electron chi connectivity index (χ2n) is 3.38. The predicted octanol–water partition coefficient (Wildman–Crippen LogP) is 1.43. The summed E-state index contributed by atoms with van der Waals surface area (Å²) in [4.78, 5) is 28.6. The third-order valence-electron chi connectivity index (χ3n) is 1.83. The van der Waals surface area contributed by atoms with Crippen molar-refractivity contribution in [2.24, 2.45) is 0 Å². The topological polar surface area (TPSA) is 93.1 Å². The van der Waals surface area contributed by atoms with E-state index in [2.05, 4.69) is 11.1 Å². The first-order valence-corrected chi connectivity index (χ1v) is 6.54. The number of hydrogen-bond acceptors (Lipinski definition) is 4. The van der Waals surface area contributed by atoms with Crippen molar-refractivity contribution in [3.63, 3.8) is 0 Å². The number of esters is 1. The molecule has 0 saturated carbocycles. The molecule has 0 bridgehead atoms. The third-order valence-corrected chi connectivity index (χ3v) is 2.28. The Morgan fingerprint density at radius 2 is 2.17 bits per heavy atom. The second kappa shape index (κ2) is 6.35. The van der Waals surface area contributed by atoms with Crippen molar-refractivity contribution in [1.29, 1.82) is 0 Å². The van der Waals surface area contributed by atoms with Gasteiger partial charge >= 0.3 is 13.8 Å². The second-order valence-corrected chi connectivity index (χ2v) is 4.54. The minimum absolute atomic E-state index is 0.00245. The largest absolute Gasteiger partial charge is 0.524 e. The van der Waals surface area contributed by atoms with Gasteiger partial charge in [-0.1, -0.05) is 24.8 Å². The van der Waals surface area contributed by atoms with Gasteiger partial charge in [-0.15, -0.1) is 0 Å². The van der Waals surface area contributed by atoms with Gasteiger partial charge in [0.15, 0.2) is 0 Å². The first-order valence-electron chi connectivity index (χ1n) is 5.01. The fraction of sp³-hybridized carbons (Fsp3) is 0.182. The Morgan fingerprint density at radius 1 is 1.44 bits per heavy atom. The molecule has 0 saturated heterocycles. The van der Waals surface area contributed by atoms with Gasteiger partial charge in [0.2, 0.25) is 0 Å². The summed E-state index contributed by atoms with van der Waals surface area (Å²) in [5.41, 5.74) is 0.537. The van der Waals surface area contributed by atoms with E-state index in [1.807, 2.05) is 0 Å². The molecule has 6 nitrogen and oxygen atoms in total. The molecular formula is C11H13O6P. The lowest BCUT2D eigenvalue weighted by atomic mass is 10.1. The van der Waals surface area contributed by atoms with Crippen LogP contribution in [0.5, 0.6) is 5.75 Å². The summed E-state index contributed by atoms with van der Waals surface area (Å²) in [5.74, 6) is -0.458. The quantitative estimate of drug-likeness (QED) is 0.462. The highest BCUT2D eigenvalue weighted by molar-refractivity contribution is 7.46. The zero-order chi connectivity index (χ0) is 13.6. The van der Waals surface area contributed by atoms with Gasteiger partial charge in [0.05, 0.1) is 6.42 Å². The molecule has 0 radical (unpaired) electrons. The van der Waals surface area contributed by atoms with Crippen LogP contribution in [0.4, 0.5) is 0 Å². The monoisotopic (exact) mass is 272 g/mol. The molecule has 0 heterocycles. The highest BCUT2D eigenvalue weighted by Crippen LogP contribution is 2.37. The van der Waals surface area contributed by atoms with Crippen LogP contribution < -0.4 is 4.52 Å². The first kappa shape index (κ1) is 14.4. The SMILES string of the molecule is C=CCOC(=O)Cc1cccc(OP(=O)(O)O)c1. The van der Waals surface area contributed by atoms with E-state index in [1.54, 1.807) is 6.07 Å². The maximum absolute atomic E-state index is 11.3. The summed E-state index contributed by atoms with van der Waals surface area (Å²) in [5, 5.41) is 0. The molecule has 2 N–H and O–H groups in total. The lowest BCUT2D eigenvalue weighted by Crippen LogP contribution is -2.07. The van der Waals surface area contributed by atoms with Crippen LogP contribution in [-0.4, -0.2) is 22.4 Å². The Kier molecular flexibility index (Phi) is 5.09. The van der Waals surface area contributed by atoms with Crippen LogP contribution in [0.3, 0.4) is 0 Å². The van der Waals surface area contributed by atoms with E-state index in [4.69, 9.17) is 14.5 Å². The third kappa shape index (κ3) is 5.63. The normalized spacial score (nSPS) is 10.8. The molecule has 98 valence electrons. The predicted molar refractivity (Wildman–Crippen MR) is 64.0 cm³/mol. The molecule has 7 heteroatoms. The Hall–Kier alpha value is -1.62. The summed E-state index contributed by atoms with van der Waals surface area (Å²) >= 11 is 0. The van der Waals surface area contributed by atoms with E-state index in [1.165, 1.54) is 24.3 Å². The van der Waals surface area contributed by atoms with Crippen molar-refractivity contribution in [3.8, 4) is 5.75 Å². The molecular weight excluding hydrogens is 259 g/mol. The molecule has 0 amide bonds. The van der Waals surface area contributed by atoms with Crippen molar-refractivity contribution in [3.05, 3.63) is 42.5 Å². The maximum Gasteiger partial charge on any atom is 0.524 e. The summed E-state index contributed by atoms with van der Waals surface area (Å²) < 4.78 is 19.8. The molecule has 0 unspecified atom stereocenters. The van der Waals surface area contributed by atoms with Crippen molar-refractivity contribution in [2.45, 2.75) is 6.42 Å². The molecule has 0 aliphatic rings. The Morgan fingerprint density at radius 3 is 2.78 bits per heavy atom. The van der Waals surface area contributed by atoms with Crippen LogP contribution in [0.1, 0.15) is 5.56 Å². The number of carbonyl (C=O) groups excluding carboxylic acids is 1. The zero-order valence-corrected chi connectivity index (χ0v) is 10.4. The lowest BCUT2D eigenvalue weighted by molar-refractivity contribution is -0.141. The summed E-state index contributed by atoms with van der Waals surface area (Å²) in [6, 6.07) is 5.91. The van der Waals surface area contributed by atoms with E-state index in [-0.39, 0.29) is 18.8 Å². The number of hydrogen-bond donors (Lipinski definition) is 2. The average Bonchev–Trinajstić information content (AvgIpc) is 2.24. The van der Waals surface area contributed by atoms with Gasteiger partial charge in [-0.25, -0.2) is 4.57 Å². The van der Waals surface area contributed by atoms with E-state index >= 15 is 0 Å². The van der Waals surface area contributed by atoms with Crippen LogP contribution in [0.2, 0.25) is 0 Å². The van der Waals surface area contributed by atoms with Crippen molar-refractivity contribution in [1.82, 2.24) is 0 Å². The van der Waals surface area contributed by atoms with Gasteiger partial charge in [0.25, 0.3) is 0 Å². The number of carbonyl (C=O) groups is 1. The van der Waals surface area contributed by atoms with Gasteiger partial charge < -0.3 is 9.26 Å². The van der Waals surface area contributed by atoms with Gasteiger partial charge in [0, 0.05) is 0 Å². The Labute approximate surface area is 104 Å². The number of ether oxygens (including phenoxy) is 1. The van der Waals surface area contributed by atoms with Crippen LogP contribution in [0, 0.1) is 0 Å². The molecule has 1 aromatic rings. The molecule has 0 aromatic heterocycles. The van der Waals surface area contributed by atoms with Gasteiger partial charge in [0.1, 0.15) is 12.4 Å². The number of phosphoric ester groups is 1. The number of benzene rings is 1. The van der Waals surface area contributed by atoms with Gasteiger partial charge in [-0.05, 0) is 17.7 Å². The molecule has 0 spiro atoms. The lowest BCUT2D eigenvalue weighted by Gasteiger charge is -2.08. The Bertz CT molecular complexity index is 478. The minimum atomic E-state index is -4.59. The molecule has 0 atom stereocenters. The fourth-order valence-electron chi connectivity index (χ4n) is 1.22. The molecule has 0 aliphatic heterocycles. The van der Waals surface area contributed by atoms with Crippen molar-refractivity contribution in [2.75, 3.05) is 6.61 Å². The van der Waals surface area contributed by atoms with Crippen LogP contribution in [0.15, 0.2) is 36.9 Å². The molecule has 0 fully saturated rings. The standard InChI is InChI=1S/C11H13O6P/c1-2-6-16-11(12)8-9-4-3-5-10(7-9)17-18(13,14)15/h2-5,7H,1,6,8H2,(H2,13,14,15). The van der Waals surface area contributed by atoms with E-state index in [0.29, 0.717) is 5.56 Å². The molecule has 1 aromatic carbocycles. The molecule has 0 aliphatic carbocycles. The average molecular weight is 272 g/mol. The van der Waals surface area contributed by atoms with Crippen LogP contribution >= 0.6 is 7.82 Å². The molecule has 18 heavy (non-hydrogen) atoms. The number of phosphoric acid groups is 1. The first-order chi connectivity index (χ1) is 8.40. The van der Waals surface area contributed by atoms with E-state index in [0.717, 1.165) is 0 Å². The number of rotatable bonds is 6. The highest BCUT2D eigenvalue weighted by Gasteiger charge is 2.16. The minimum Gasteiger partial charge on any atom is -0.461 e. The van der Waals surface area contributed by atoms with Crippen molar-refractivity contribution >= 4 is 13.8 Å². The zero-order valence-electron chi connectivity index (χ0n) is 9.48. The van der Waals surface area contributed by atoms with E-state index in [9.17, 15) is 9.36 Å². The van der Waals surface area contributed by atoms with Crippen molar-refractivity contribution < 1.29 is 28.4 Å². The van der Waals surface area contributed by atoms with Crippen LogP contribution in [-0.2, 0) is 20.5 Å². The van der Waals surface area contributed by atoms with Gasteiger partial charge in [-0.2, -0.15) is 0 Å². The van der Waals surface area contributed by atoms with E-state index < -0.39 is 13.8 Å². The smallest absolute Gasteiger partial charge is 0.461 e. The summed E-state index contributed by atoms with van der Waals surface area (Å²) in [7, 11) is -4.59. The molecule has 1 rings (SSSR count). The van der Waals surface area contributed by atoms with Crippen LogP contribution in [0.25, 0.3) is 0 Å². The summed E-state index contributed by atoms with van der Waals surface area (Å²) in [6.07, 6.45) is 1.44. The highest BCUT2D eigenvalue weighted by atomic mass is 31.2. The summed E-state index contributed by atoms with van der Waals surface area (Å²) in [6.45, 7) is 3.53. The van der Waals surface area contributed by atoms with Gasteiger partial charge in [-0.3, -0.25) is 14.6 Å². The fourth-order valence-corrected chi connectivity index (χ4v) is 1.61. The maximum atomic E-state index is 11.3.